The fourth-order valence-electron chi connectivity index (χ4n) is 3.42. The number of nitrogens with zero attached hydrogens (tertiary/aromatic N) is 2. The maximum atomic E-state index is 12.0. The molecule has 0 bridgehead atoms. The SMILES string of the molecule is C[C@@]1(C(N)=O)CCCCN1Cc1cc([N+](=O)[O-])cc2c1OCOC2. The van der Waals surface area contributed by atoms with E-state index in [-0.39, 0.29) is 25.0 Å². The molecule has 0 aliphatic carbocycles. The maximum absolute atomic E-state index is 12.0. The number of carbonyl (C=O) groups is 1. The van der Waals surface area contributed by atoms with Crippen molar-refractivity contribution in [2.75, 3.05) is 13.3 Å². The second kappa shape index (κ2) is 6.37. The van der Waals surface area contributed by atoms with E-state index in [9.17, 15) is 14.9 Å². The number of benzene rings is 1. The molecule has 1 amide bonds. The molecule has 1 aromatic rings. The summed E-state index contributed by atoms with van der Waals surface area (Å²) in [5, 5.41) is 11.2. The van der Waals surface area contributed by atoms with E-state index in [1.165, 1.54) is 12.1 Å². The summed E-state index contributed by atoms with van der Waals surface area (Å²) in [6.45, 7) is 3.32. The Morgan fingerprint density at radius 3 is 2.96 bits per heavy atom. The number of hydrogen-bond donors (Lipinski definition) is 1. The zero-order valence-corrected chi connectivity index (χ0v) is 13.6. The average Bonchev–Trinajstić information content (AvgIpc) is 2.56. The summed E-state index contributed by atoms with van der Waals surface area (Å²) >= 11 is 0. The van der Waals surface area contributed by atoms with Crippen LogP contribution in [0.1, 0.15) is 37.3 Å². The summed E-state index contributed by atoms with van der Waals surface area (Å²) in [5.74, 6) is 0.245. The summed E-state index contributed by atoms with van der Waals surface area (Å²) in [7, 11) is 0. The van der Waals surface area contributed by atoms with E-state index in [1.54, 1.807) is 0 Å². The molecular weight excluding hydrogens is 314 g/mol. The second-order valence-electron chi connectivity index (χ2n) is 6.48. The molecule has 0 aromatic heterocycles. The molecule has 0 spiro atoms. The maximum Gasteiger partial charge on any atom is 0.270 e. The van der Waals surface area contributed by atoms with Crippen LogP contribution in [0.2, 0.25) is 0 Å². The van der Waals surface area contributed by atoms with Crippen LogP contribution in [-0.4, -0.2) is 34.6 Å². The molecule has 3 rings (SSSR count). The first-order valence-electron chi connectivity index (χ1n) is 7.97. The number of piperidine rings is 1. The number of nitro groups is 1. The fraction of sp³-hybridized carbons (Fsp3) is 0.562. The lowest BCUT2D eigenvalue weighted by atomic mass is 9.87. The van der Waals surface area contributed by atoms with E-state index >= 15 is 0 Å². The fourth-order valence-corrected chi connectivity index (χ4v) is 3.42. The van der Waals surface area contributed by atoms with Crippen molar-refractivity contribution < 1.29 is 19.2 Å². The van der Waals surface area contributed by atoms with Crippen LogP contribution >= 0.6 is 0 Å². The number of amides is 1. The molecule has 0 radical (unpaired) electrons. The Hall–Kier alpha value is -2.19. The van der Waals surface area contributed by atoms with E-state index in [4.69, 9.17) is 15.2 Å². The predicted octanol–water partition coefficient (Wildman–Crippen LogP) is 1.69. The third-order valence-electron chi connectivity index (χ3n) is 4.91. The van der Waals surface area contributed by atoms with E-state index < -0.39 is 10.5 Å². The van der Waals surface area contributed by atoms with Gasteiger partial charge in [0.15, 0.2) is 6.79 Å². The van der Waals surface area contributed by atoms with Crippen molar-refractivity contribution in [2.24, 2.45) is 5.73 Å². The third-order valence-corrected chi connectivity index (χ3v) is 4.91. The molecule has 2 aliphatic rings. The molecule has 1 fully saturated rings. The quantitative estimate of drug-likeness (QED) is 0.662. The monoisotopic (exact) mass is 335 g/mol. The topological polar surface area (TPSA) is 108 Å². The van der Waals surface area contributed by atoms with E-state index in [0.29, 0.717) is 36.4 Å². The molecule has 1 saturated heterocycles. The molecule has 0 saturated carbocycles. The first-order chi connectivity index (χ1) is 11.4. The molecule has 2 aliphatic heterocycles. The molecule has 2 N–H and O–H groups in total. The largest absolute Gasteiger partial charge is 0.467 e. The smallest absolute Gasteiger partial charge is 0.270 e. The van der Waals surface area contributed by atoms with Gasteiger partial charge >= 0.3 is 0 Å². The summed E-state index contributed by atoms with van der Waals surface area (Å²) in [5.41, 5.74) is 6.22. The predicted molar refractivity (Wildman–Crippen MR) is 85.2 cm³/mol. The van der Waals surface area contributed by atoms with Crippen molar-refractivity contribution in [1.29, 1.82) is 0 Å². The Kier molecular flexibility index (Phi) is 4.42. The third kappa shape index (κ3) is 2.94. The van der Waals surface area contributed by atoms with Gasteiger partial charge in [-0.1, -0.05) is 0 Å². The van der Waals surface area contributed by atoms with Gasteiger partial charge in [0.1, 0.15) is 5.75 Å². The Balaban J connectivity index is 1.97. The van der Waals surface area contributed by atoms with Gasteiger partial charge in [-0.05, 0) is 32.7 Å². The Morgan fingerprint density at radius 1 is 1.46 bits per heavy atom. The van der Waals surface area contributed by atoms with Gasteiger partial charge < -0.3 is 15.2 Å². The molecule has 8 heteroatoms. The molecule has 24 heavy (non-hydrogen) atoms. The van der Waals surface area contributed by atoms with Crippen LogP contribution in [0.3, 0.4) is 0 Å². The van der Waals surface area contributed by atoms with Crippen molar-refractivity contribution in [3.05, 3.63) is 33.4 Å². The lowest BCUT2D eigenvalue weighted by Gasteiger charge is -2.42. The van der Waals surface area contributed by atoms with Crippen LogP contribution < -0.4 is 10.5 Å². The Bertz CT molecular complexity index is 678. The molecular formula is C16H21N3O5. The minimum Gasteiger partial charge on any atom is -0.467 e. The van der Waals surface area contributed by atoms with Crippen molar-refractivity contribution in [3.63, 3.8) is 0 Å². The van der Waals surface area contributed by atoms with Gasteiger partial charge in [0, 0.05) is 29.8 Å². The number of hydrogen-bond acceptors (Lipinski definition) is 6. The number of primary amides is 1. The van der Waals surface area contributed by atoms with Gasteiger partial charge in [0.2, 0.25) is 5.91 Å². The Morgan fingerprint density at radius 2 is 2.25 bits per heavy atom. The average molecular weight is 335 g/mol. The van der Waals surface area contributed by atoms with Crippen LogP contribution in [-0.2, 0) is 22.7 Å². The molecule has 130 valence electrons. The van der Waals surface area contributed by atoms with Crippen LogP contribution in [0.25, 0.3) is 0 Å². The molecule has 0 unspecified atom stereocenters. The number of fused-ring (bicyclic) bond motifs is 1. The Labute approximate surface area is 139 Å². The van der Waals surface area contributed by atoms with Crippen LogP contribution in [0.15, 0.2) is 12.1 Å². The van der Waals surface area contributed by atoms with E-state index in [0.717, 1.165) is 12.8 Å². The van der Waals surface area contributed by atoms with Gasteiger partial charge in [-0.3, -0.25) is 19.8 Å². The normalized spacial score (nSPS) is 24.0. The molecule has 1 aromatic carbocycles. The standard InChI is InChI=1S/C16H21N3O5/c1-16(15(17)20)4-2-3-5-18(16)8-11-6-13(19(21)22)7-12-9-23-10-24-14(11)12/h6-7H,2-5,8-10H2,1H3,(H2,17,20)/t16-/m0/s1. The van der Waals surface area contributed by atoms with Crippen molar-refractivity contribution in [1.82, 2.24) is 4.90 Å². The molecule has 8 nitrogen and oxygen atoms in total. The van der Waals surface area contributed by atoms with Crippen molar-refractivity contribution >= 4 is 11.6 Å². The molecule has 2 heterocycles. The van der Waals surface area contributed by atoms with Gasteiger partial charge in [-0.15, -0.1) is 0 Å². The van der Waals surface area contributed by atoms with Gasteiger partial charge in [-0.25, -0.2) is 0 Å². The highest BCUT2D eigenvalue weighted by Crippen LogP contribution is 2.36. The van der Waals surface area contributed by atoms with Gasteiger partial charge in [0.25, 0.3) is 5.69 Å². The highest BCUT2D eigenvalue weighted by Gasteiger charge is 2.40. The van der Waals surface area contributed by atoms with Crippen LogP contribution in [0.5, 0.6) is 5.75 Å². The number of ether oxygens (including phenoxy) is 2. The number of rotatable bonds is 4. The number of nitro benzene ring substituents is 1. The number of non-ortho nitro benzene ring substituents is 1. The van der Waals surface area contributed by atoms with Gasteiger partial charge in [-0.2, -0.15) is 0 Å². The summed E-state index contributed by atoms with van der Waals surface area (Å²) in [6, 6.07) is 2.99. The summed E-state index contributed by atoms with van der Waals surface area (Å²) < 4.78 is 10.8. The minimum atomic E-state index is -0.749. The van der Waals surface area contributed by atoms with E-state index in [1.807, 2.05) is 11.8 Å². The number of likely N-dealkylation sites (tertiary alicyclic amines) is 1. The van der Waals surface area contributed by atoms with Crippen molar-refractivity contribution in [2.45, 2.75) is 44.9 Å². The number of carbonyl (C=O) groups excluding carboxylic acids is 1. The van der Waals surface area contributed by atoms with Gasteiger partial charge in [0.05, 0.1) is 17.1 Å². The molecule has 1 atom stereocenters. The lowest BCUT2D eigenvalue weighted by Crippen LogP contribution is -2.57. The first-order valence-corrected chi connectivity index (χ1v) is 7.97. The van der Waals surface area contributed by atoms with E-state index in [2.05, 4.69) is 0 Å². The summed E-state index contributed by atoms with van der Waals surface area (Å²) in [4.78, 5) is 24.7. The zero-order chi connectivity index (χ0) is 17.3. The minimum absolute atomic E-state index is 0.00404. The van der Waals surface area contributed by atoms with Crippen molar-refractivity contribution in [3.8, 4) is 5.75 Å². The highest BCUT2D eigenvalue weighted by atomic mass is 16.7. The highest BCUT2D eigenvalue weighted by molar-refractivity contribution is 5.84. The van der Waals surface area contributed by atoms with Crippen LogP contribution in [0.4, 0.5) is 5.69 Å². The first kappa shape index (κ1) is 16.7. The van der Waals surface area contributed by atoms with Crippen LogP contribution in [0, 0.1) is 10.1 Å². The summed E-state index contributed by atoms with van der Waals surface area (Å²) in [6.07, 6.45) is 2.58. The number of nitrogens with two attached hydrogens (primary N) is 1. The zero-order valence-electron chi connectivity index (χ0n) is 13.6. The second-order valence-corrected chi connectivity index (χ2v) is 6.48. The lowest BCUT2D eigenvalue weighted by molar-refractivity contribution is -0.385.